The van der Waals surface area contributed by atoms with Crippen LogP contribution in [0.25, 0.3) is 21.9 Å². The average molecular weight is 390 g/mol. The number of nitrogens with one attached hydrogen (secondary N) is 1. The number of carbonyl (C=O) groups is 1. The van der Waals surface area contributed by atoms with Gasteiger partial charge in [-0.3, -0.25) is 9.59 Å². The number of likely N-dealkylation sites (tertiary alicyclic amines) is 1. The molecule has 1 aromatic heterocycles. The topological polar surface area (TPSA) is 62.4 Å². The van der Waals surface area contributed by atoms with Crippen molar-refractivity contribution in [2.24, 2.45) is 5.92 Å². The molecule has 5 heteroatoms. The second kappa shape index (κ2) is 8.11. The normalized spacial score (nSPS) is 17.1. The van der Waals surface area contributed by atoms with E-state index in [9.17, 15) is 9.59 Å². The van der Waals surface area contributed by atoms with Gasteiger partial charge in [-0.15, -0.1) is 0 Å². The third-order valence-electron chi connectivity index (χ3n) is 5.58. The Morgan fingerprint density at radius 1 is 1.03 bits per heavy atom. The molecule has 2 aromatic carbocycles. The average Bonchev–Trinajstić information content (AvgIpc) is 2.73. The lowest BCUT2D eigenvalue weighted by Gasteiger charge is -2.35. The summed E-state index contributed by atoms with van der Waals surface area (Å²) in [5, 5.41) is 2.23. The SMILES string of the molecule is CC(C)N1CC(COc2ccc3cc(-c4ccc(=O)[nH]c4)ccc3c2)CCC1=O. The summed E-state index contributed by atoms with van der Waals surface area (Å²) in [5.74, 6) is 1.47. The zero-order valence-electron chi connectivity index (χ0n) is 16.9. The highest BCUT2D eigenvalue weighted by molar-refractivity contribution is 5.88. The van der Waals surface area contributed by atoms with E-state index < -0.39 is 0 Å². The standard InChI is InChI=1S/C24H26N2O3/c1-16(2)26-14-17(3-10-24(26)28)15-29-22-8-6-18-11-19(4-5-20(18)12-22)21-7-9-23(27)25-13-21/h4-9,11-13,16-17H,3,10,14-15H2,1-2H3,(H,25,27). The highest BCUT2D eigenvalue weighted by atomic mass is 16.5. The Hall–Kier alpha value is -3.08. The van der Waals surface area contributed by atoms with Gasteiger partial charge in [-0.25, -0.2) is 0 Å². The van der Waals surface area contributed by atoms with Gasteiger partial charge in [0.1, 0.15) is 5.75 Å². The van der Waals surface area contributed by atoms with E-state index in [1.165, 1.54) is 6.07 Å². The van der Waals surface area contributed by atoms with E-state index in [0.29, 0.717) is 18.9 Å². The number of ether oxygens (including phenoxy) is 1. The van der Waals surface area contributed by atoms with Crippen LogP contribution in [-0.2, 0) is 4.79 Å². The lowest BCUT2D eigenvalue weighted by Crippen LogP contribution is -2.45. The molecule has 1 amide bonds. The van der Waals surface area contributed by atoms with Gasteiger partial charge in [0.05, 0.1) is 6.61 Å². The maximum absolute atomic E-state index is 12.0. The van der Waals surface area contributed by atoms with Crippen molar-refractivity contribution in [2.75, 3.05) is 13.2 Å². The monoisotopic (exact) mass is 390 g/mol. The number of piperidine rings is 1. The number of H-pyrrole nitrogens is 1. The minimum atomic E-state index is -0.102. The van der Waals surface area contributed by atoms with Crippen LogP contribution >= 0.6 is 0 Å². The first-order valence-electron chi connectivity index (χ1n) is 10.1. The van der Waals surface area contributed by atoms with Crippen LogP contribution < -0.4 is 10.3 Å². The van der Waals surface area contributed by atoms with Gasteiger partial charge >= 0.3 is 0 Å². The molecular formula is C24H26N2O3. The molecule has 1 unspecified atom stereocenters. The highest BCUT2D eigenvalue weighted by Crippen LogP contribution is 2.27. The molecule has 1 atom stereocenters. The molecule has 0 aliphatic carbocycles. The van der Waals surface area contributed by atoms with Crippen molar-refractivity contribution in [1.82, 2.24) is 9.88 Å². The number of aromatic amines is 1. The Labute approximate surface area is 170 Å². The Bertz CT molecular complexity index is 1070. The van der Waals surface area contributed by atoms with E-state index in [4.69, 9.17) is 4.74 Å². The minimum absolute atomic E-state index is 0.102. The number of carbonyl (C=O) groups excluding carboxylic acids is 1. The Balaban J connectivity index is 1.45. The van der Waals surface area contributed by atoms with Crippen molar-refractivity contribution in [2.45, 2.75) is 32.7 Å². The predicted octanol–water partition coefficient (Wildman–Crippen LogP) is 4.22. The van der Waals surface area contributed by atoms with Crippen LogP contribution in [0.5, 0.6) is 5.75 Å². The Kier molecular flexibility index (Phi) is 5.38. The fourth-order valence-electron chi connectivity index (χ4n) is 3.87. The molecule has 3 aromatic rings. The number of pyridine rings is 1. The molecule has 150 valence electrons. The van der Waals surface area contributed by atoms with Crippen molar-refractivity contribution in [3.8, 4) is 16.9 Å². The summed E-state index contributed by atoms with van der Waals surface area (Å²) in [4.78, 5) is 27.9. The van der Waals surface area contributed by atoms with Gasteiger partial charge in [0.15, 0.2) is 0 Å². The van der Waals surface area contributed by atoms with E-state index in [2.05, 4.69) is 43.1 Å². The molecule has 1 saturated heterocycles. The van der Waals surface area contributed by atoms with E-state index in [1.807, 2.05) is 23.1 Å². The summed E-state index contributed by atoms with van der Waals surface area (Å²) in [7, 11) is 0. The first-order chi connectivity index (χ1) is 14.0. The summed E-state index contributed by atoms with van der Waals surface area (Å²) in [5.41, 5.74) is 1.94. The van der Waals surface area contributed by atoms with Crippen molar-refractivity contribution >= 4 is 16.7 Å². The predicted molar refractivity (Wildman–Crippen MR) is 115 cm³/mol. The Morgan fingerprint density at radius 3 is 2.55 bits per heavy atom. The summed E-state index contributed by atoms with van der Waals surface area (Å²) in [6.45, 7) is 5.52. The zero-order valence-corrected chi connectivity index (χ0v) is 16.9. The maximum atomic E-state index is 12.0. The number of hydrogen-bond acceptors (Lipinski definition) is 3. The largest absolute Gasteiger partial charge is 0.493 e. The first-order valence-corrected chi connectivity index (χ1v) is 10.1. The lowest BCUT2D eigenvalue weighted by molar-refractivity contribution is -0.137. The van der Waals surface area contributed by atoms with Crippen LogP contribution in [0.1, 0.15) is 26.7 Å². The van der Waals surface area contributed by atoms with Gasteiger partial charge in [-0.2, -0.15) is 0 Å². The molecule has 29 heavy (non-hydrogen) atoms. The van der Waals surface area contributed by atoms with Gasteiger partial charge in [-0.1, -0.05) is 18.2 Å². The molecule has 0 saturated carbocycles. The van der Waals surface area contributed by atoms with Crippen LogP contribution in [0.3, 0.4) is 0 Å². The molecule has 1 fully saturated rings. The van der Waals surface area contributed by atoms with Crippen LogP contribution in [0.15, 0.2) is 59.5 Å². The minimum Gasteiger partial charge on any atom is -0.493 e. The number of aromatic nitrogens is 1. The van der Waals surface area contributed by atoms with E-state index >= 15 is 0 Å². The van der Waals surface area contributed by atoms with Gasteiger partial charge in [0.2, 0.25) is 11.5 Å². The van der Waals surface area contributed by atoms with Crippen LogP contribution in [0.2, 0.25) is 0 Å². The number of amides is 1. The smallest absolute Gasteiger partial charge is 0.247 e. The van der Waals surface area contributed by atoms with Gasteiger partial charge < -0.3 is 14.6 Å². The van der Waals surface area contributed by atoms with E-state index in [0.717, 1.165) is 40.6 Å². The van der Waals surface area contributed by atoms with E-state index in [1.54, 1.807) is 6.20 Å². The first kappa shape index (κ1) is 19.2. The van der Waals surface area contributed by atoms with Crippen LogP contribution in [-0.4, -0.2) is 35.0 Å². The molecule has 4 rings (SSSR count). The molecule has 1 N–H and O–H groups in total. The van der Waals surface area contributed by atoms with E-state index in [-0.39, 0.29) is 17.5 Å². The lowest BCUT2D eigenvalue weighted by atomic mass is 9.97. The maximum Gasteiger partial charge on any atom is 0.247 e. The third kappa shape index (κ3) is 4.34. The number of benzene rings is 2. The third-order valence-corrected chi connectivity index (χ3v) is 5.58. The molecule has 1 aliphatic rings. The quantitative estimate of drug-likeness (QED) is 0.709. The van der Waals surface area contributed by atoms with Gasteiger partial charge in [0.25, 0.3) is 0 Å². The summed E-state index contributed by atoms with van der Waals surface area (Å²) >= 11 is 0. The molecule has 5 nitrogen and oxygen atoms in total. The molecular weight excluding hydrogens is 364 g/mol. The molecule has 1 aliphatic heterocycles. The van der Waals surface area contributed by atoms with Gasteiger partial charge in [0, 0.05) is 37.2 Å². The van der Waals surface area contributed by atoms with Crippen molar-refractivity contribution in [1.29, 1.82) is 0 Å². The zero-order chi connectivity index (χ0) is 20.4. The number of fused-ring (bicyclic) bond motifs is 1. The summed E-state index contributed by atoms with van der Waals surface area (Å²) < 4.78 is 6.07. The van der Waals surface area contributed by atoms with Crippen LogP contribution in [0, 0.1) is 5.92 Å². The number of hydrogen-bond donors (Lipinski definition) is 1. The number of rotatable bonds is 5. The molecule has 0 spiro atoms. The number of nitrogens with zero attached hydrogens (tertiary/aromatic N) is 1. The summed E-state index contributed by atoms with van der Waals surface area (Å²) in [6.07, 6.45) is 3.23. The van der Waals surface area contributed by atoms with Crippen molar-refractivity contribution in [3.05, 3.63) is 65.1 Å². The fraction of sp³-hybridized carbons (Fsp3) is 0.333. The summed E-state index contributed by atoms with van der Waals surface area (Å²) in [6, 6.07) is 15.9. The van der Waals surface area contributed by atoms with Crippen LogP contribution in [0.4, 0.5) is 0 Å². The fourth-order valence-corrected chi connectivity index (χ4v) is 3.87. The molecule has 0 bridgehead atoms. The highest BCUT2D eigenvalue weighted by Gasteiger charge is 2.27. The second-order valence-corrected chi connectivity index (χ2v) is 8.02. The Morgan fingerprint density at radius 2 is 1.79 bits per heavy atom. The molecule has 2 heterocycles. The molecule has 0 radical (unpaired) electrons. The second-order valence-electron chi connectivity index (χ2n) is 8.02. The van der Waals surface area contributed by atoms with Crippen molar-refractivity contribution in [3.63, 3.8) is 0 Å². The van der Waals surface area contributed by atoms with Crippen molar-refractivity contribution < 1.29 is 9.53 Å². The van der Waals surface area contributed by atoms with Gasteiger partial charge in [-0.05, 0) is 66.4 Å².